The van der Waals surface area contributed by atoms with Crippen LogP contribution in [0.1, 0.15) is 20.3 Å². The Morgan fingerprint density at radius 3 is 2.80 bits per heavy atom. The summed E-state index contributed by atoms with van der Waals surface area (Å²) in [4.78, 5) is 0.194. The van der Waals surface area contributed by atoms with E-state index in [2.05, 4.69) is 5.10 Å². The van der Waals surface area contributed by atoms with Crippen LogP contribution >= 0.6 is 11.6 Å². The quantitative estimate of drug-likeness (QED) is 0.647. The zero-order valence-corrected chi connectivity index (χ0v) is 13.7. The van der Waals surface area contributed by atoms with E-state index in [9.17, 15) is 8.42 Å². The summed E-state index contributed by atoms with van der Waals surface area (Å²) in [6.45, 7) is 5.01. The Balaban J connectivity index is 3.01. The van der Waals surface area contributed by atoms with E-state index in [0.717, 1.165) is 6.42 Å². The van der Waals surface area contributed by atoms with Crippen molar-refractivity contribution in [1.29, 1.82) is 0 Å². The van der Waals surface area contributed by atoms with Gasteiger partial charge in [0.15, 0.2) is 0 Å². The molecule has 1 heterocycles. The van der Waals surface area contributed by atoms with E-state index in [1.165, 1.54) is 21.4 Å². The molecule has 6 nitrogen and oxygen atoms in total. The molecule has 0 radical (unpaired) electrons. The highest BCUT2D eigenvalue weighted by Crippen LogP contribution is 2.19. The van der Waals surface area contributed by atoms with Gasteiger partial charge in [-0.1, -0.05) is 6.92 Å². The van der Waals surface area contributed by atoms with Gasteiger partial charge in [0, 0.05) is 31.8 Å². The fourth-order valence-corrected chi connectivity index (χ4v) is 3.60. The number of hydrogen-bond acceptors (Lipinski definition) is 4. The van der Waals surface area contributed by atoms with Gasteiger partial charge in [-0.05, 0) is 13.3 Å². The van der Waals surface area contributed by atoms with Gasteiger partial charge in [-0.3, -0.25) is 4.68 Å². The first-order valence-corrected chi connectivity index (χ1v) is 8.54. The van der Waals surface area contributed by atoms with Gasteiger partial charge in [-0.2, -0.15) is 9.40 Å². The van der Waals surface area contributed by atoms with Crippen LogP contribution in [0.3, 0.4) is 0 Å². The molecule has 0 fully saturated rings. The SMILES string of the molecule is CCC(C)N(CCOC)S(=O)(=O)c1cnn(CCCl)c1. The predicted molar refractivity (Wildman–Crippen MR) is 78.5 cm³/mol. The minimum absolute atomic E-state index is 0.0912. The van der Waals surface area contributed by atoms with E-state index >= 15 is 0 Å². The number of methoxy groups -OCH3 is 1. The van der Waals surface area contributed by atoms with Crippen LogP contribution in [0.25, 0.3) is 0 Å². The van der Waals surface area contributed by atoms with Gasteiger partial charge in [0.1, 0.15) is 4.90 Å². The normalized spacial score (nSPS) is 13.8. The highest BCUT2D eigenvalue weighted by Gasteiger charge is 2.29. The van der Waals surface area contributed by atoms with E-state index in [-0.39, 0.29) is 10.9 Å². The summed E-state index contributed by atoms with van der Waals surface area (Å²) in [7, 11) is -2.00. The number of ether oxygens (including phenoxy) is 1. The maximum absolute atomic E-state index is 12.6. The minimum atomic E-state index is -3.56. The Morgan fingerprint density at radius 2 is 2.25 bits per heavy atom. The number of aryl methyl sites for hydroxylation is 1. The molecule has 8 heteroatoms. The molecule has 0 spiro atoms. The number of aromatic nitrogens is 2. The monoisotopic (exact) mass is 323 g/mol. The lowest BCUT2D eigenvalue weighted by Crippen LogP contribution is -2.40. The van der Waals surface area contributed by atoms with Crippen molar-refractivity contribution in [1.82, 2.24) is 14.1 Å². The van der Waals surface area contributed by atoms with Gasteiger partial charge in [0.25, 0.3) is 0 Å². The van der Waals surface area contributed by atoms with Crippen molar-refractivity contribution in [3.8, 4) is 0 Å². The topological polar surface area (TPSA) is 64.4 Å². The van der Waals surface area contributed by atoms with Crippen molar-refractivity contribution in [2.24, 2.45) is 0 Å². The molecule has 1 rings (SSSR count). The minimum Gasteiger partial charge on any atom is -0.383 e. The molecule has 0 aliphatic heterocycles. The third kappa shape index (κ3) is 4.18. The standard InChI is InChI=1S/C12H22ClN3O3S/c1-4-11(2)16(7-8-19-3)20(17,18)12-9-14-15(10-12)6-5-13/h9-11H,4-8H2,1-3H3. The summed E-state index contributed by atoms with van der Waals surface area (Å²) >= 11 is 5.63. The molecule has 0 aromatic carbocycles. The summed E-state index contributed by atoms with van der Waals surface area (Å²) in [6.07, 6.45) is 3.61. The van der Waals surface area contributed by atoms with Crippen LogP contribution in [0.15, 0.2) is 17.3 Å². The van der Waals surface area contributed by atoms with Crippen molar-refractivity contribution in [3.63, 3.8) is 0 Å². The zero-order chi connectivity index (χ0) is 15.2. The Bertz CT molecular complexity index is 504. The molecule has 0 amide bonds. The average Bonchev–Trinajstić information content (AvgIpc) is 2.88. The molecule has 0 saturated carbocycles. The number of nitrogens with zero attached hydrogens (tertiary/aromatic N) is 3. The van der Waals surface area contributed by atoms with Gasteiger partial charge in [-0.25, -0.2) is 8.42 Å². The Labute approximate surface area is 125 Å². The number of alkyl halides is 1. The van der Waals surface area contributed by atoms with Gasteiger partial charge in [0.2, 0.25) is 10.0 Å². The van der Waals surface area contributed by atoms with Crippen LogP contribution in [0.4, 0.5) is 0 Å². The first-order chi connectivity index (χ1) is 9.47. The van der Waals surface area contributed by atoms with Crippen molar-refractivity contribution in [3.05, 3.63) is 12.4 Å². The van der Waals surface area contributed by atoms with Crippen LogP contribution in [0.5, 0.6) is 0 Å². The van der Waals surface area contributed by atoms with Gasteiger partial charge >= 0.3 is 0 Å². The fourth-order valence-electron chi connectivity index (χ4n) is 1.78. The lowest BCUT2D eigenvalue weighted by atomic mass is 10.3. The molecule has 0 aliphatic rings. The first-order valence-electron chi connectivity index (χ1n) is 6.56. The van der Waals surface area contributed by atoms with E-state index in [1.54, 1.807) is 7.11 Å². The number of halogens is 1. The van der Waals surface area contributed by atoms with Crippen LogP contribution in [0.2, 0.25) is 0 Å². The van der Waals surface area contributed by atoms with Crippen LogP contribution in [-0.2, 0) is 21.3 Å². The largest absolute Gasteiger partial charge is 0.383 e. The van der Waals surface area contributed by atoms with E-state index in [4.69, 9.17) is 16.3 Å². The second-order valence-electron chi connectivity index (χ2n) is 4.49. The summed E-state index contributed by atoms with van der Waals surface area (Å²) < 4.78 is 33.3. The molecule has 0 bridgehead atoms. The Morgan fingerprint density at radius 1 is 1.55 bits per heavy atom. The van der Waals surface area contributed by atoms with Crippen LogP contribution in [-0.4, -0.2) is 54.7 Å². The Hall–Kier alpha value is -0.630. The maximum Gasteiger partial charge on any atom is 0.246 e. The summed E-state index contributed by atoms with van der Waals surface area (Å²) in [5.41, 5.74) is 0. The molecule has 1 aromatic rings. The van der Waals surface area contributed by atoms with Crippen molar-refractivity contribution in [2.45, 2.75) is 37.8 Å². The van der Waals surface area contributed by atoms with Crippen molar-refractivity contribution in [2.75, 3.05) is 26.1 Å². The highest BCUT2D eigenvalue weighted by molar-refractivity contribution is 7.89. The average molecular weight is 324 g/mol. The number of hydrogen-bond donors (Lipinski definition) is 0. The van der Waals surface area contributed by atoms with Crippen LogP contribution in [0, 0.1) is 0 Å². The molecular formula is C12H22ClN3O3S. The fraction of sp³-hybridized carbons (Fsp3) is 0.750. The predicted octanol–water partition coefficient (Wildman–Crippen LogP) is 1.56. The molecule has 0 saturated heterocycles. The van der Waals surface area contributed by atoms with E-state index in [0.29, 0.717) is 25.6 Å². The van der Waals surface area contributed by atoms with Gasteiger partial charge in [0.05, 0.1) is 19.3 Å². The third-order valence-corrected chi connectivity index (χ3v) is 5.26. The lowest BCUT2D eigenvalue weighted by Gasteiger charge is -2.26. The molecule has 0 aliphatic carbocycles. The van der Waals surface area contributed by atoms with Crippen LogP contribution < -0.4 is 0 Å². The molecule has 116 valence electrons. The third-order valence-electron chi connectivity index (χ3n) is 3.13. The molecule has 1 aromatic heterocycles. The second kappa shape index (κ2) is 7.97. The van der Waals surface area contributed by atoms with Crippen molar-refractivity contribution >= 4 is 21.6 Å². The summed E-state index contributed by atoms with van der Waals surface area (Å²) in [5, 5.41) is 4.02. The maximum atomic E-state index is 12.6. The van der Waals surface area contributed by atoms with E-state index < -0.39 is 10.0 Å². The van der Waals surface area contributed by atoms with Crippen molar-refractivity contribution < 1.29 is 13.2 Å². The molecule has 0 N–H and O–H groups in total. The molecule has 1 atom stereocenters. The number of sulfonamides is 1. The summed E-state index contributed by atoms with van der Waals surface area (Å²) in [6, 6.07) is -0.0912. The second-order valence-corrected chi connectivity index (χ2v) is 6.76. The molecule has 1 unspecified atom stereocenters. The Kier molecular flexibility index (Phi) is 6.94. The molecular weight excluding hydrogens is 302 g/mol. The lowest BCUT2D eigenvalue weighted by molar-refractivity contribution is 0.167. The number of rotatable bonds is 9. The highest BCUT2D eigenvalue weighted by atomic mass is 35.5. The smallest absolute Gasteiger partial charge is 0.246 e. The molecule has 20 heavy (non-hydrogen) atoms. The zero-order valence-electron chi connectivity index (χ0n) is 12.1. The van der Waals surface area contributed by atoms with Gasteiger partial charge in [-0.15, -0.1) is 11.6 Å². The summed E-state index contributed by atoms with van der Waals surface area (Å²) in [5.74, 6) is 0.389. The van der Waals surface area contributed by atoms with E-state index in [1.807, 2.05) is 13.8 Å². The first kappa shape index (κ1) is 17.4. The van der Waals surface area contributed by atoms with Gasteiger partial charge < -0.3 is 4.74 Å².